The number of nitrogens with one attached hydrogen (secondary N) is 1. The molecule has 0 amide bonds. The number of aromatic nitrogens is 1. The Morgan fingerprint density at radius 3 is 3.08 bits per heavy atom. The van der Waals surface area contributed by atoms with Crippen LogP contribution in [0, 0.1) is 18.8 Å². The molecule has 1 aromatic heterocycles. The van der Waals surface area contributed by atoms with Crippen molar-refractivity contribution >= 4 is 0 Å². The Balaban J connectivity index is 2.44. The highest BCUT2D eigenvalue weighted by Crippen LogP contribution is 2.01. The van der Waals surface area contributed by atoms with Crippen molar-refractivity contribution in [2.24, 2.45) is 0 Å². The summed E-state index contributed by atoms with van der Waals surface area (Å²) in [6, 6.07) is 4.01. The molecule has 0 fully saturated rings. The number of aryl methyl sites for hydroxylation is 1. The van der Waals surface area contributed by atoms with E-state index in [1.807, 2.05) is 19.2 Å². The first-order chi connectivity index (χ1) is 6.34. The van der Waals surface area contributed by atoms with E-state index < -0.39 is 0 Å². The minimum absolute atomic E-state index is 0.729. The van der Waals surface area contributed by atoms with E-state index in [1.54, 1.807) is 0 Å². The van der Waals surface area contributed by atoms with Gasteiger partial charge in [0.25, 0.3) is 0 Å². The largest absolute Gasteiger partial charge is 0.301 e. The highest BCUT2D eigenvalue weighted by Gasteiger charge is 1.95. The summed E-state index contributed by atoms with van der Waals surface area (Å²) in [4.78, 5) is 4.27. The molecule has 13 heavy (non-hydrogen) atoms. The second-order valence-corrected chi connectivity index (χ2v) is 2.80. The van der Waals surface area contributed by atoms with E-state index in [4.69, 9.17) is 0 Å². The number of hydrogen-bond acceptors (Lipinski definition) is 2. The first kappa shape index (κ1) is 9.76. The van der Waals surface area contributed by atoms with Crippen LogP contribution >= 0.6 is 0 Å². The average Bonchev–Trinajstić information content (AvgIpc) is 2.15. The van der Waals surface area contributed by atoms with E-state index in [-0.39, 0.29) is 0 Å². The normalized spacial score (nSPS) is 9.08. The third-order valence-corrected chi connectivity index (χ3v) is 1.80. The van der Waals surface area contributed by atoms with Gasteiger partial charge in [0.15, 0.2) is 0 Å². The van der Waals surface area contributed by atoms with Gasteiger partial charge in [-0.25, -0.2) is 0 Å². The van der Waals surface area contributed by atoms with Gasteiger partial charge in [0.1, 0.15) is 0 Å². The van der Waals surface area contributed by atoms with Gasteiger partial charge < -0.3 is 5.32 Å². The van der Waals surface area contributed by atoms with Crippen LogP contribution in [0.5, 0.6) is 0 Å². The van der Waals surface area contributed by atoms with Crippen LogP contribution in [0.3, 0.4) is 0 Å². The fourth-order valence-corrected chi connectivity index (χ4v) is 1.04. The fourth-order valence-electron chi connectivity index (χ4n) is 1.04. The van der Waals surface area contributed by atoms with E-state index in [2.05, 4.69) is 35.1 Å². The summed E-state index contributed by atoms with van der Waals surface area (Å²) in [7, 11) is 0. The van der Waals surface area contributed by atoms with Crippen LogP contribution in [0.2, 0.25) is 0 Å². The molecule has 68 valence electrons. The highest BCUT2D eigenvalue weighted by molar-refractivity contribution is 5.17. The monoisotopic (exact) mass is 174 g/mol. The molecule has 0 aliphatic carbocycles. The van der Waals surface area contributed by atoms with Crippen LogP contribution in [-0.4, -0.2) is 11.5 Å². The van der Waals surface area contributed by atoms with Crippen LogP contribution in [0.15, 0.2) is 18.3 Å². The maximum absolute atomic E-state index is 4.27. The summed E-state index contributed by atoms with van der Waals surface area (Å²) in [5, 5.41) is 3.21. The molecule has 0 spiro atoms. The van der Waals surface area contributed by atoms with E-state index in [9.17, 15) is 0 Å². The van der Waals surface area contributed by atoms with Gasteiger partial charge in [-0.2, -0.15) is 0 Å². The second kappa shape index (κ2) is 5.34. The van der Waals surface area contributed by atoms with Crippen molar-refractivity contribution in [2.45, 2.75) is 20.4 Å². The van der Waals surface area contributed by atoms with Crippen molar-refractivity contribution in [1.82, 2.24) is 10.3 Å². The lowest BCUT2D eigenvalue weighted by atomic mass is 10.2. The number of pyridine rings is 1. The quantitative estimate of drug-likeness (QED) is 0.555. The molecule has 1 rings (SSSR count). The van der Waals surface area contributed by atoms with Crippen molar-refractivity contribution in [3.63, 3.8) is 0 Å². The van der Waals surface area contributed by atoms with Gasteiger partial charge in [0, 0.05) is 12.7 Å². The second-order valence-electron chi connectivity index (χ2n) is 2.80. The minimum Gasteiger partial charge on any atom is -0.301 e. The maximum Gasteiger partial charge on any atom is 0.0579 e. The Kier molecular flexibility index (Phi) is 4.01. The van der Waals surface area contributed by atoms with Gasteiger partial charge in [-0.1, -0.05) is 12.0 Å². The van der Waals surface area contributed by atoms with Gasteiger partial charge in [0.2, 0.25) is 0 Å². The Labute approximate surface area is 79.4 Å². The zero-order valence-corrected chi connectivity index (χ0v) is 8.09. The molecule has 2 heteroatoms. The third kappa shape index (κ3) is 3.27. The molecule has 0 atom stereocenters. The van der Waals surface area contributed by atoms with Crippen molar-refractivity contribution in [2.75, 3.05) is 6.54 Å². The Bertz CT molecular complexity index is 320. The summed E-state index contributed by atoms with van der Waals surface area (Å²) in [6.45, 7) is 5.43. The molecular weight excluding hydrogens is 160 g/mol. The number of hydrogen-bond donors (Lipinski definition) is 1. The lowest BCUT2D eigenvalue weighted by molar-refractivity contribution is 0.744. The topological polar surface area (TPSA) is 24.9 Å². The maximum atomic E-state index is 4.27. The molecule has 1 N–H and O–H groups in total. The zero-order chi connectivity index (χ0) is 9.52. The molecule has 0 aromatic carbocycles. The van der Waals surface area contributed by atoms with Crippen LogP contribution in [-0.2, 0) is 6.54 Å². The predicted molar refractivity (Wildman–Crippen MR) is 54.1 cm³/mol. The number of nitrogens with zero attached hydrogens (tertiary/aromatic N) is 1. The van der Waals surface area contributed by atoms with E-state index in [0.717, 1.165) is 18.8 Å². The lowest BCUT2D eigenvalue weighted by Crippen LogP contribution is -2.14. The highest BCUT2D eigenvalue weighted by atomic mass is 14.9. The molecule has 0 unspecified atom stereocenters. The summed E-state index contributed by atoms with van der Waals surface area (Å²) in [5.74, 6) is 5.78. The van der Waals surface area contributed by atoms with Gasteiger partial charge in [-0.05, 0) is 25.5 Å². The van der Waals surface area contributed by atoms with Crippen molar-refractivity contribution < 1.29 is 0 Å². The van der Waals surface area contributed by atoms with E-state index >= 15 is 0 Å². The van der Waals surface area contributed by atoms with Crippen molar-refractivity contribution in [3.05, 3.63) is 29.6 Å². The van der Waals surface area contributed by atoms with Crippen molar-refractivity contribution in [1.29, 1.82) is 0 Å². The lowest BCUT2D eigenvalue weighted by Gasteiger charge is -2.03. The summed E-state index contributed by atoms with van der Waals surface area (Å²) >= 11 is 0. The fraction of sp³-hybridized carbons (Fsp3) is 0.364. The Morgan fingerprint density at radius 2 is 2.38 bits per heavy atom. The predicted octanol–water partition coefficient (Wildman–Crippen LogP) is 1.50. The Morgan fingerprint density at radius 1 is 1.54 bits per heavy atom. The molecule has 0 aliphatic rings. The third-order valence-electron chi connectivity index (χ3n) is 1.80. The average molecular weight is 174 g/mol. The van der Waals surface area contributed by atoms with Gasteiger partial charge in [-0.15, -0.1) is 5.92 Å². The molecule has 0 bridgehead atoms. The van der Waals surface area contributed by atoms with Crippen LogP contribution < -0.4 is 5.32 Å². The SMILES string of the molecule is CC#CCNCc1ncccc1C. The van der Waals surface area contributed by atoms with Crippen molar-refractivity contribution in [3.8, 4) is 11.8 Å². The van der Waals surface area contributed by atoms with E-state index in [1.165, 1.54) is 5.56 Å². The molecular formula is C11H14N2. The summed E-state index contributed by atoms with van der Waals surface area (Å²) < 4.78 is 0. The molecule has 2 nitrogen and oxygen atoms in total. The van der Waals surface area contributed by atoms with Crippen LogP contribution in [0.25, 0.3) is 0 Å². The molecule has 0 aliphatic heterocycles. The van der Waals surface area contributed by atoms with E-state index in [0.29, 0.717) is 0 Å². The minimum atomic E-state index is 0.729. The molecule has 0 saturated carbocycles. The molecule has 1 heterocycles. The van der Waals surface area contributed by atoms with Gasteiger partial charge in [0.05, 0.1) is 12.2 Å². The standard InChI is InChI=1S/C11H14N2/c1-3-4-7-12-9-11-10(2)6-5-8-13-11/h5-6,8,12H,7,9H2,1-2H3. The molecule has 1 aromatic rings. The van der Waals surface area contributed by atoms with Gasteiger partial charge >= 0.3 is 0 Å². The zero-order valence-electron chi connectivity index (χ0n) is 8.09. The summed E-state index contributed by atoms with van der Waals surface area (Å²) in [5.41, 5.74) is 2.32. The smallest absolute Gasteiger partial charge is 0.0579 e. The first-order valence-corrected chi connectivity index (χ1v) is 4.35. The summed E-state index contributed by atoms with van der Waals surface area (Å²) in [6.07, 6.45) is 1.81. The molecule has 0 radical (unpaired) electrons. The Hall–Kier alpha value is -1.33. The van der Waals surface area contributed by atoms with Crippen LogP contribution in [0.1, 0.15) is 18.2 Å². The van der Waals surface area contributed by atoms with Crippen LogP contribution in [0.4, 0.5) is 0 Å². The first-order valence-electron chi connectivity index (χ1n) is 4.35. The number of rotatable bonds is 3. The van der Waals surface area contributed by atoms with Gasteiger partial charge in [-0.3, -0.25) is 4.98 Å². The molecule has 0 saturated heterocycles.